The van der Waals surface area contributed by atoms with E-state index in [4.69, 9.17) is 14.2 Å². The molecule has 168 valence electrons. The van der Waals surface area contributed by atoms with Gasteiger partial charge in [0.1, 0.15) is 12.7 Å². The molecule has 7 heteroatoms. The molecule has 2 aliphatic heterocycles. The van der Waals surface area contributed by atoms with E-state index in [9.17, 15) is 4.79 Å². The number of nitrogens with zero attached hydrogens (tertiary/aromatic N) is 2. The highest BCUT2D eigenvalue weighted by Gasteiger charge is 2.21. The van der Waals surface area contributed by atoms with Crippen molar-refractivity contribution in [1.29, 1.82) is 0 Å². The Morgan fingerprint density at radius 1 is 1.29 bits per heavy atom. The average molecular weight is 428 g/mol. The van der Waals surface area contributed by atoms with Gasteiger partial charge >= 0.3 is 5.69 Å². The van der Waals surface area contributed by atoms with E-state index in [0.717, 1.165) is 29.9 Å². The van der Waals surface area contributed by atoms with Crippen LogP contribution in [0.5, 0.6) is 5.88 Å². The number of hydrogen-bond donors (Lipinski definition) is 1. The molecule has 1 fully saturated rings. The first-order valence-electron chi connectivity index (χ1n) is 11.5. The Morgan fingerprint density at radius 3 is 2.97 bits per heavy atom. The number of benzene rings is 1. The Labute approximate surface area is 183 Å². The van der Waals surface area contributed by atoms with Gasteiger partial charge in [-0.15, -0.1) is 0 Å². The Kier molecular flexibility index (Phi) is 7.25. The molecule has 0 radical (unpaired) electrons. The van der Waals surface area contributed by atoms with Crippen LogP contribution in [-0.4, -0.2) is 48.6 Å². The first kappa shape index (κ1) is 21.8. The molecule has 1 aromatic carbocycles. The molecule has 31 heavy (non-hydrogen) atoms. The lowest BCUT2D eigenvalue weighted by molar-refractivity contribution is -0.102. The third-order valence-corrected chi connectivity index (χ3v) is 6.14. The van der Waals surface area contributed by atoms with Crippen LogP contribution in [0.1, 0.15) is 38.7 Å². The maximum atomic E-state index is 12.6. The van der Waals surface area contributed by atoms with E-state index in [1.54, 1.807) is 4.57 Å². The highest BCUT2D eigenvalue weighted by atomic mass is 16.6. The van der Waals surface area contributed by atoms with Gasteiger partial charge in [-0.05, 0) is 36.5 Å². The smallest absolute Gasteiger partial charge is 0.351 e. The molecule has 1 N–H and O–H groups in total. The summed E-state index contributed by atoms with van der Waals surface area (Å²) in [5.41, 5.74) is 4.05. The fourth-order valence-corrected chi connectivity index (χ4v) is 4.32. The molecule has 2 atom stereocenters. The number of aromatic nitrogens is 2. The second kappa shape index (κ2) is 10.3. The second-order valence-corrected chi connectivity index (χ2v) is 8.36. The summed E-state index contributed by atoms with van der Waals surface area (Å²) < 4.78 is 18.5. The van der Waals surface area contributed by atoms with Gasteiger partial charge in [0, 0.05) is 30.4 Å². The number of hydrogen-bond acceptors (Lipinski definition) is 6. The Bertz CT molecular complexity index is 937. The quantitative estimate of drug-likeness (QED) is 0.660. The maximum Gasteiger partial charge on any atom is 0.351 e. The molecule has 1 aromatic heterocycles. The molecule has 0 bridgehead atoms. The molecular weight excluding hydrogens is 394 g/mol. The second-order valence-electron chi connectivity index (χ2n) is 8.36. The van der Waals surface area contributed by atoms with E-state index in [0.29, 0.717) is 44.8 Å². The van der Waals surface area contributed by atoms with Gasteiger partial charge in [0.15, 0.2) is 0 Å². The van der Waals surface area contributed by atoms with E-state index >= 15 is 0 Å². The molecule has 0 aliphatic carbocycles. The van der Waals surface area contributed by atoms with E-state index in [-0.39, 0.29) is 11.8 Å². The molecule has 0 spiro atoms. The lowest BCUT2D eigenvalue weighted by Gasteiger charge is -2.24. The fourth-order valence-electron chi connectivity index (χ4n) is 4.32. The Morgan fingerprint density at radius 2 is 2.19 bits per heavy atom. The van der Waals surface area contributed by atoms with Crippen molar-refractivity contribution in [2.75, 3.05) is 38.3 Å². The number of anilines is 1. The van der Waals surface area contributed by atoms with Crippen LogP contribution in [0, 0.1) is 5.92 Å². The van der Waals surface area contributed by atoms with E-state index in [2.05, 4.69) is 42.3 Å². The van der Waals surface area contributed by atoms with Crippen molar-refractivity contribution in [2.45, 2.75) is 52.2 Å². The van der Waals surface area contributed by atoms with E-state index in [1.807, 2.05) is 6.07 Å². The van der Waals surface area contributed by atoms with Crippen LogP contribution in [0.4, 0.5) is 5.69 Å². The molecule has 1 unspecified atom stereocenters. The van der Waals surface area contributed by atoms with Crippen LogP contribution >= 0.6 is 0 Å². The summed E-state index contributed by atoms with van der Waals surface area (Å²) >= 11 is 0. The van der Waals surface area contributed by atoms with Crippen LogP contribution in [-0.2, 0) is 22.4 Å². The molecule has 2 aliphatic rings. The number of aryl methyl sites for hydroxylation is 1. The normalized spacial score (nSPS) is 18.7. The van der Waals surface area contributed by atoms with Crippen LogP contribution in [0.3, 0.4) is 0 Å². The summed E-state index contributed by atoms with van der Waals surface area (Å²) in [4.78, 5) is 16.7. The molecule has 2 aromatic rings. The van der Waals surface area contributed by atoms with Crippen molar-refractivity contribution < 1.29 is 14.2 Å². The zero-order valence-electron chi connectivity index (χ0n) is 18.6. The average Bonchev–Trinajstić information content (AvgIpc) is 2.80. The Hall–Kier alpha value is -2.38. The minimum absolute atomic E-state index is 0.130. The summed E-state index contributed by atoms with van der Waals surface area (Å²) in [6.07, 6.45) is 4.34. The minimum Gasteiger partial charge on any atom is -0.475 e. The lowest BCUT2D eigenvalue weighted by atomic mass is 9.96. The van der Waals surface area contributed by atoms with Crippen molar-refractivity contribution in [3.8, 4) is 17.1 Å². The highest BCUT2D eigenvalue weighted by Crippen LogP contribution is 2.32. The third kappa shape index (κ3) is 5.28. The van der Waals surface area contributed by atoms with Crippen molar-refractivity contribution in [3.05, 3.63) is 40.3 Å². The summed E-state index contributed by atoms with van der Waals surface area (Å²) in [5.74, 6) is 1.04. The molecule has 7 nitrogen and oxygen atoms in total. The zero-order valence-corrected chi connectivity index (χ0v) is 18.6. The molecule has 0 amide bonds. The molecule has 0 saturated carbocycles. The summed E-state index contributed by atoms with van der Waals surface area (Å²) in [6, 6.07) is 8.29. The summed E-state index contributed by atoms with van der Waals surface area (Å²) in [6.45, 7) is 8.12. The van der Waals surface area contributed by atoms with Crippen molar-refractivity contribution >= 4 is 5.69 Å². The first-order valence-corrected chi connectivity index (χ1v) is 11.5. The van der Waals surface area contributed by atoms with Gasteiger partial charge in [0.05, 0.1) is 25.5 Å². The van der Waals surface area contributed by atoms with Crippen LogP contribution < -0.4 is 15.7 Å². The largest absolute Gasteiger partial charge is 0.475 e. The minimum atomic E-state index is -0.272. The van der Waals surface area contributed by atoms with Gasteiger partial charge in [-0.2, -0.15) is 4.98 Å². The van der Waals surface area contributed by atoms with Gasteiger partial charge in [-0.3, -0.25) is 4.57 Å². The van der Waals surface area contributed by atoms with Gasteiger partial charge in [0.25, 0.3) is 0 Å². The molecule has 3 heterocycles. The van der Waals surface area contributed by atoms with Gasteiger partial charge in [-0.1, -0.05) is 32.8 Å². The zero-order chi connectivity index (χ0) is 21.6. The van der Waals surface area contributed by atoms with Gasteiger partial charge in [-0.25, -0.2) is 4.79 Å². The number of ether oxygens (including phenoxy) is 3. The predicted octanol–water partition coefficient (Wildman–Crippen LogP) is 3.50. The highest BCUT2D eigenvalue weighted by molar-refractivity contribution is 5.69. The van der Waals surface area contributed by atoms with Crippen molar-refractivity contribution in [2.24, 2.45) is 5.92 Å². The summed E-state index contributed by atoms with van der Waals surface area (Å²) in [5, 5.41) is 3.60. The fraction of sp³-hybridized carbons (Fsp3) is 0.583. The van der Waals surface area contributed by atoms with Gasteiger partial charge in [0.2, 0.25) is 5.88 Å². The Balaban J connectivity index is 1.49. The SMILES string of the molecule is CCCC(CC)CNc1ccc2c(c1)CCn1c-2cc(OC[C@@H]2COCCO2)nc1=O. The molecule has 1 saturated heterocycles. The third-order valence-electron chi connectivity index (χ3n) is 6.14. The topological polar surface area (TPSA) is 74.6 Å². The molecule has 4 rings (SSSR count). The summed E-state index contributed by atoms with van der Waals surface area (Å²) in [7, 11) is 0. The molecular formula is C24H33N3O4. The van der Waals surface area contributed by atoms with E-state index < -0.39 is 0 Å². The standard InChI is InChI=1S/C24H33N3O4/c1-3-5-17(4-2)14-25-19-6-7-21-18(12-19)8-9-27-22(21)13-23(26-24(27)28)31-16-20-15-29-10-11-30-20/h6-7,12-13,17,20,25H,3-5,8-11,14-16H2,1-2H3/t17?,20-/m0/s1. The number of nitrogens with one attached hydrogen (secondary N) is 1. The van der Waals surface area contributed by atoms with Crippen LogP contribution in [0.2, 0.25) is 0 Å². The van der Waals surface area contributed by atoms with Crippen molar-refractivity contribution in [1.82, 2.24) is 9.55 Å². The van der Waals surface area contributed by atoms with E-state index in [1.165, 1.54) is 24.8 Å². The monoisotopic (exact) mass is 427 g/mol. The predicted molar refractivity (Wildman–Crippen MR) is 121 cm³/mol. The van der Waals surface area contributed by atoms with Crippen molar-refractivity contribution in [3.63, 3.8) is 0 Å². The lowest BCUT2D eigenvalue weighted by Crippen LogP contribution is -2.34. The number of fused-ring (bicyclic) bond motifs is 3. The van der Waals surface area contributed by atoms with Crippen LogP contribution in [0.15, 0.2) is 29.1 Å². The van der Waals surface area contributed by atoms with Crippen LogP contribution in [0.25, 0.3) is 11.3 Å². The van der Waals surface area contributed by atoms with Gasteiger partial charge < -0.3 is 19.5 Å². The first-order chi connectivity index (χ1) is 15.2. The maximum absolute atomic E-state index is 12.6. The number of rotatable bonds is 9.